The fraction of sp³-hybridized carbons (Fsp3) is 0.529. The maximum Gasteiger partial charge on any atom is 0.218 e. The molecule has 0 radical (unpaired) electrons. The number of pyridine rings is 1. The minimum atomic E-state index is -3.05. The van der Waals surface area contributed by atoms with Gasteiger partial charge in [-0.3, -0.25) is 9.58 Å². The Labute approximate surface area is 148 Å². The summed E-state index contributed by atoms with van der Waals surface area (Å²) in [5, 5.41) is 4.20. The van der Waals surface area contributed by atoms with Crippen molar-refractivity contribution in [2.75, 3.05) is 25.2 Å². The first-order chi connectivity index (χ1) is 11.8. The van der Waals surface area contributed by atoms with Gasteiger partial charge < -0.3 is 4.74 Å². The summed E-state index contributed by atoms with van der Waals surface area (Å²) in [5.74, 6) is 0.889. The van der Waals surface area contributed by atoms with Crippen LogP contribution in [0.3, 0.4) is 0 Å². The molecule has 2 aromatic rings. The Morgan fingerprint density at radius 2 is 2.12 bits per heavy atom. The second-order valence-corrected chi connectivity index (χ2v) is 8.85. The number of sulfone groups is 1. The normalized spacial score (nSPS) is 20.6. The number of aryl methyl sites for hydroxylation is 3. The van der Waals surface area contributed by atoms with Crippen LogP contribution < -0.4 is 4.74 Å². The quantitative estimate of drug-likeness (QED) is 0.816. The molecule has 3 rings (SSSR count). The van der Waals surface area contributed by atoms with Crippen LogP contribution in [-0.4, -0.2) is 53.2 Å². The lowest BCUT2D eigenvalue weighted by Gasteiger charge is -2.35. The number of nitrogens with zero attached hydrogens (tertiary/aromatic N) is 4. The third-order valence-electron chi connectivity index (χ3n) is 4.64. The summed E-state index contributed by atoms with van der Waals surface area (Å²) < 4.78 is 31.5. The molecule has 7 nitrogen and oxygen atoms in total. The van der Waals surface area contributed by atoms with Gasteiger partial charge >= 0.3 is 0 Å². The zero-order valence-corrected chi connectivity index (χ0v) is 15.9. The Balaban J connectivity index is 1.95. The molecule has 1 aliphatic rings. The molecule has 0 bridgehead atoms. The van der Waals surface area contributed by atoms with Crippen LogP contribution in [0.2, 0.25) is 0 Å². The summed E-state index contributed by atoms with van der Waals surface area (Å²) in [5.41, 5.74) is 3.93. The van der Waals surface area contributed by atoms with Gasteiger partial charge in [0, 0.05) is 43.2 Å². The van der Waals surface area contributed by atoms with Gasteiger partial charge in [0.1, 0.15) is 0 Å². The van der Waals surface area contributed by atoms with Crippen LogP contribution in [0.25, 0.3) is 0 Å². The Morgan fingerprint density at radius 3 is 2.76 bits per heavy atom. The molecular weight excluding hydrogens is 340 g/mol. The molecule has 0 aromatic carbocycles. The lowest BCUT2D eigenvalue weighted by atomic mass is 10.1. The van der Waals surface area contributed by atoms with E-state index in [-0.39, 0.29) is 17.5 Å². The van der Waals surface area contributed by atoms with Crippen LogP contribution in [0.1, 0.15) is 28.4 Å². The van der Waals surface area contributed by atoms with Gasteiger partial charge in [-0.2, -0.15) is 5.10 Å². The number of aromatic nitrogens is 3. The predicted octanol–water partition coefficient (Wildman–Crippen LogP) is 1.41. The van der Waals surface area contributed by atoms with Crippen LogP contribution in [0, 0.1) is 13.8 Å². The highest BCUT2D eigenvalue weighted by atomic mass is 32.2. The molecule has 0 N–H and O–H groups in total. The van der Waals surface area contributed by atoms with Crippen molar-refractivity contribution in [3.63, 3.8) is 0 Å². The predicted molar refractivity (Wildman–Crippen MR) is 95.3 cm³/mol. The van der Waals surface area contributed by atoms with E-state index in [0.29, 0.717) is 19.0 Å². The first kappa shape index (κ1) is 17.9. The average molecular weight is 364 g/mol. The first-order valence-corrected chi connectivity index (χ1v) is 10.1. The van der Waals surface area contributed by atoms with Crippen molar-refractivity contribution < 1.29 is 13.2 Å². The first-order valence-electron chi connectivity index (χ1n) is 8.23. The molecule has 1 fully saturated rings. The van der Waals surface area contributed by atoms with Gasteiger partial charge in [0.05, 0.1) is 30.9 Å². The molecule has 1 saturated heterocycles. The summed E-state index contributed by atoms with van der Waals surface area (Å²) in [7, 11) is 0.396. The molecule has 1 aliphatic heterocycles. The van der Waals surface area contributed by atoms with Gasteiger partial charge in [-0.05, 0) is 25.5 Å². The van der Waals surface area contributed by atoms with Crippen molar-refractivity contribution in [2.45, 2.75) is 26.4 Å². The number of ether oxygens (including phenoxy) is 1. The molecule has 3 heterocycles. The highest BCUT2D eigenvalue weighted by Gasteiger charge is 2.33. The minimum Gasteiger partial charge on any atom is -0.481 e. The number of rotatable bonds is 4. The summed E-state index contributed by atoms with van der Waals surface area (Å²) in [4.78, 5) is 6.65. The van der Waals surface area contributed by atoms with Gasteiger partial charge in [-0.1, -0.05) is 0 Å². The standard InChI is InChI=1S/C17H24N4O3S/c1-12-7-13(2)19-17(24-4)15(12)10-21-5-6-25(22,23)11-16(21)14-8-18-20(3)9-14/h7-9,16H,5-6,10-11H2,1-4H3/t16-/m0/s1. The maximum absolute atomic E-state index is 12.2. The van der Waals surface area contributed by atoms with Gasteiger partial charge in [0.15, 0.2) is 9.84 Å². The highest BCUT2D eigenvalue weighted by Crippen LogP contribution is 2.31. The maximum atomic E-state index is 12.2. The molecule has 0 amide bonds. The van der Waals surface area contributed by atoms with Gasteiger partial charge in [0.25, 0.3) is 0 Å². The SMILES string of the molecule is COc1nc(C)cc(C)c1CN1CCS(=O)(=O)C[C@H]1c1cnn(C)c1. The van der Waals surface area contributed by atoms with E-state index in [0.717, 1.165) is 22.4 Å². The number of methoxy groups -OCH3 is 1. The van der Waals surface area contributed by atoms with Gasteiger partial charge in [0.2, 0.25) is 5.88 Å². The third kappa shape index (κ3) is 3.85. The van der Waals surface area contributed by atoms with Crippen molar-refractivity contribution in [2.24, 2.45) is 7.05 Å². The smallest absolute Gasteiger partial charge is 0.218 e. The fourth-order valence-electron chi connectivity index (χ4n) is 3.34. The summed E-state index contributed by atoms with van der Waals surface area (Å²) in [6, 6.07) is 1.82. The lowest BCUT2D eigenvalue weighted by molar-refractivity contribution is 0.202. The van der Waals surface area contributed by atoms with E-state index in [1.807, 2.05) is 33.2 Å². The van der Waals surface area contributed by atoms with Crippen molar-refractivity contribution in [3.05, 3.63) is 40.8 Å². The number of hydrogen-bond acceptors (Lipinski definition) is 6. The minimum absolute atomic E-state index is 0.110. The fourth-order valence-corrected chi connectivity index (χ4v) is 4.91. The summed E-state index contributed by atoms with van der Waals surface area (Å²) in [6.45, 7) is 5.05. The molecule has 0 unspecified atom stereocenters. The molecule has 136 valence electrons. The lowest BCUT2D eigenvalue weighted by Crippen LogP contribution is -2.42. The van der Waals surface area contributed by atoms with Crippen molar-refractivity contribution in [1.82, 2.24) is 19.7 Å². The molecule has 2 aromatic heterocycles. The van der Waals surface area contributed by atoms with E-state index >= 15 is 0 Å². The van der Waals surface area contributed by atoms with E-state index < -0.39 is 9.84 Å². The van der Waals surface area contributed by atoms with Crippen LogP contribution in [0.15, 0.2) is 18.5 Å². The second-order valence-electron chi connectivity index (χ2n) is 6.62. The zero-order chi connectivity index (χ0) is 18.2. The van der Waals surface area contributed by atoms with Crippen molar-refractivity contribution in [3.8, 4) is 5.88 Å². The third-order valence-corrected chi connectivity index (χ3v) is 6.27. The van der Waals surface area contributed by atoms with Crippen LogP contribution in [0.4, 0.5) is 0 Å². The molecule has 8 heteroatoms. The van der Waals surface area contributed by atoms with E-state index in [4.69, 9.17) is 4.74 Å². The Kier molecular flexibility index (Phi) is 4.83. The molecule has 0 spiro atoms. The van der Waals surface area contributed by atoms with Crippen LogP contribution in [0.5, 0.6) is 5.88 Å². The Bertz CT molecular complexity index is 876. The van der Waals surface area contributed by atoms with Gasteiger partial charge in [-0.15, -0.1) is 0 Å². The zero-order valence-electron chi connectivity index (χ0n) is 15.1. The average Bonchev–Trinajstić information content (AvgIpc) is 2.97. The number of hydrogen-bond donors (Lipinski definition) is 0. The molecule has 0 aliphatic carbocycles. The van der Waals surface area contributed by atoms with Crippen LogP contribution in [-0.2, 0) is 23.4 Å². The Hall–Kier alpha value is -1.93. The van der Waals surface area contributed by atoms with Crippen LogP contribution >= 0.6 is 0 Å². The van der Waals surface area contributed by atoms with Crippen molar-refractivity contribution in [1.29, 1.82) is 0 Å². The monoisotopic (exact) mass is 364 g/mol. The Morgan fingerprint density at radius 1 is 1.36 bits per heavy atom. The summed E-state index contributed by atoms with van der Waals surface area (Å²) in [6.07, 6.45) is 3.63. The topological polar surface area (TPSA) is 77.3 Å². The molecule has 25 heavy (non-hydrogen) atoms. The largest absolute Gasteiger partial charge is 0.481 e. The van der Waals surface area contributed by atoms with Crippen molar-refractivity contribution >= 4 is 9.84 Å². The molecule has 0 saturated carbocycles. The van der Waals surface area contributed by atoms with E-state index in [9.17, 15) is 8.42 Å². The second kappa shape index (κ2) is 6.76. The van der Waals surface area contributed by atoms with E-state index in [1.165, 1.54) is 0 Å². The van der Waals surface area contributed by atoms with Gasteiger partial charge in [-0.25, -0.2) is 13.4 Å². The van der Waals surface area contributed by atoms with E-state index in [1.54, 1.807) is 18.0 Å². The highest BCUT2D eigenvalue weighted by molar-refractivity contribution is 7.91. The molecule has 1 atom stereocenters. The van der Waals surface area contributed by atoms with E-state index in [2.05, 4.69) is 15.0 Å². The summed E-state index contributed by atoms with van der Waals surface area (Å²) >= 11 is 0. The molecular formula is C17H24N4O3S.